The molecular weight excluding hydrogens is 234 g/mol. The highest BCUT2D eigenvalue weighted by atomic mass is 15.3. The molecule has 1 unspecified atom stereocenters. The summed E-state index contributed by atoms with van der Waals surface area (Å²) in [5, 5.41) is 3.57. The molecule has 0 spiro atoms. The lowest BCUT2D eigenvalue weighted by atomic mass is 9.92. The van der Waals surface area contributed by atoms with E-state index in [9.17, 15) is 0 Å². The van der Waals surface area contributed by atoms with Crippen molar-refractivity contribution in [1.82, 2.24) is 15.1 Å². The maximum Gasteiger partial charge on any atom is 0.0235 e. The van der Waals surface area contributed by atoms with Crippen molar-refractivity contribution in [3.8, 4) is 0 Å². The van der Waals surface area contributed by atoms with E-state index >= 15 is 0 Å². The van der Waals surface area contributed by atoms with Gasteiger partial charge in [0.05, 0.1) is 0 Å². The van der Waals surface area contributed by atoms with Gasteiger partial charge in [-0.1, -0.05) is 34.6 Å². The van der Waals surface area contributed by atoms with E-state index in [-0.39, 0.29) is 0 Å². The van der Waals surface area contributed by atoms with Crippen LogP contribution in [0.25, 0.3) is 0 Å². The van der Waals surface area contributed by atoms with Crippen molar-refractivity contribution >= 4 is 0 Å². The van der Waals surface area contributed by atoms with Gasteiger partial charge in [-0.15, -0.1) is 0 Å². The van der Waals surface area contributed by atoms with Crippen LogP contribution in [-0.4, -0.2) is 61.7 Å². The van der Waals surface area contributed by atoms with Gasteiger partial charge < -0.3 is 10.2 Å². The number of rotatable bonds is 9. The van der Waals surface area contributed by atoms with Crippen molar-refractivity contribution < 1.29 is 0 Å². The van der Waals surface area contributed by atoms with E-state index in [1.54, 1.807) is 0 Å². The molecule has 1 atom stereocenters. The Hall–Kier alpha value is -0.120. The molecular formula is C16H35N3. The second kappa shape index (κ2) is 8.23. The number of likely N-dealkylation sites (tertiary alicyclic amines) is 1. The van der Waals surface area contributed by atoms with Gasteiger partial charge in [0.2, 0.25) is 0 Å². The Morgan fingerprint density at radius 3 is 2.47 bits per heavy atom. The van der Waals surface area contributed by atoms with Crippen LogP contribution in [0.4, 0.5) is 0 Å². The third kappa shape index (κ3) is 5.80. The monoisotopic (exact) mass is 269 g/mol. The lowest BCUT2D eigenvalue weighted by molar-refractivity contribution is 0.175. The van der Waals surface area contributed by atoms with Gasteiger partial charge in [-0.05, 0) is 44.4 Å². The van der Waals surface area contributed by atoms with E-state index in [0.29, 0.717) is 5.41 Å². The van der Waals surface area contributed by atoms with Gasteiger partial charge in [0.1, 0.15) is 0 Å². The van der Waals surface area contributed by atoms with Crippen LogP contribution in [0.15, 0.2) is 0 Å². The quantitative estimate of drug-likeness (QED) is 0.649. The molecule has 0 saturated carbocycles. The Morgan fingerprint density at radius 2 is 1.89 bits per heavy atom. The number of nitrogens with zero attached hydrogens (tertiary/aromatic N) is 2. The summed E-state index contributed by atoms with van der Waals surface area (Å²) in [5.74, 6) is 0. The molecule has 19 heavy (non-hydrogen) atoms. The van der Waals surface area contributed by atoms with Gasteiger partial charge in [0.25, 0.3) is 0 Å². The molecule has 1 aliphatic heterocycles. The van der Waals surface area contributed by atoms with Crippen LogP contribution in [0.3, 0.4) is 0 Å². The fraction of sp³-hybridized carbons (Fsp3) is 1.00. The van der Waals surface area contributed by atoms with Crippen LogP contribution in [0, 0.1) is 5.41 Å². The van der Waals surface area contributed by atoms with Crippen molar-refractivity contribution in [2.24, 2.45) is 5.41 Å². The minimum Gasteiger partial charge on any atom is -0.316 e. The molecule has 1 fully saturated rings. The molecule has 1 aliphatic rings. The molecule has 0 radical (unpaired) electrons. The van der Waals surface area contributed by atoms with Crippen molar-refractivity contribution in [1.29, 1.82) is 0 Å². The van der Waals surface area contributed by atoms with Crippen molar-refractivity contribution in [2.45, 2.75) is 53.5 Å². The van der Waals surface area contributed by atoms with E-state index in [0.717, 1.165) is 19.1 Å². The van der Waals surface area contributed by atoms with Crippen molar-refractivity contribution in [2.75, 3.05) is 45.8 Å². The highest BCUT2D eigenvalue weighted by molar-refractivity contribution is 4.86. The summed E-state index contributed by atoms with van der Waals surface area (Å²) in [6, 6.07) is 0.786. The Kier molecular flexibility index (Phi) is 7.33. The predicted molar refractivity (Wildman–Crippen MR) is 84.7 cm³/mol. The first-order valence-electron chi connectivity index (χ1n) is 8.19. The van der Waals surface area contributed by atoms with Crippen LogP contribution in [0.2, 0.25) is 0 Å². The number of hydrogen-bond acceptors (Lipinski definition) is 3. The zero-order valence-corrected chi connectivity index (χ0v) is 13.8. The second-order valence-electron chi connectivity index (χ2n) is 6.74. The predicted octanol–water partition coefficient (Wildman–Crippen LogP) is 2.43. The number of nitrogens with one attached hydrogen (secondary N) is 1. The smallest absolute Gasteiger partial charge is 0.0235 e. The van der Waals surface area contributed by atoms with Crippen LogP contribution in [-0.2, 0) is 0 Å². The molecule has 0 amide bonds. The molecule has 1 heterocycles. The standard InChI is InChI=1S/C16H35N3/c1-6-10-17-13-16(4,5)14-18-11-9-15(12-18)19(7-2)8-3/h15,17H,6-14H2,1-5H3. The maximum absolute atomic E-state index is 3.57. The molecule has 114 valence electrons. The lowest BCUT2D eigenvalue weighted by Gasteiger charge is -2.31. The van der Waals surface area contributed by atoms with Gasteiger partial charge in [-0.25, -0.2) is 0 Å². The van der Waals surface area contributed by atoms with Gasteiger partial charge in [-0.3, -0.25) is 4.90 Å². The van der Waals surface area contributed by atoms with E-state index in [4.69, 9.17) is 0 Å². The molecule has 1 rings (SSSR count). The van der Waals surface area contributed by atoms with E-state index < -0.39 is 0 Å². The van der Waals surface area contributed by atoms with Gasteiger partial charge in [0.15, 0.2) is 0 Å². The third-order valence-electron chi connectivity index (χ3n) is 4.26. The SMILES string of the molecule is CCCNCC(C)(C)CN1CCC(N(CC)CC)C1. The van der Waals surface area contributed by atoms with Crippen LogP contribution < -0.4 is 5.32 Å². The van der Waals surface area contributed by atoms with Gasteiger partial charge in [0, 0.05) is 25.7 Å². The Bertz CT molecular complexity index is 236. The normalized spacial score (nSPS) is 21.5. The fourth-order valence-electron chi connectivity index (χ4n) is 3.26. The highest BCUT2D eigenvalue weighted by Crippen LogP contribution is 2.22. The van der Waals surface area contributed by atoms with Crippen molar-refractivity contribution in [3.05, 3.63) is 0 Å². The first-order valence-corrected chi connectivity index (χ1v) is 8.19. The van der Waals surface area contributed by atoms with Crippen molar-refractivity contribution in [3.63, 3.8) is 0 Å². The number of likely N-dealkylation sites (N-methyl/N-ethyl adjacent to an activating group) is 1. The largest absolute Gasteiger partial charge is 0.316 e. The summed E-state index contributed by atoms with van der Waals surface area (Å²) in [6.45, 7) is 20.0. The average molecular weight is 269 g/mol. The van der Waals surface area contributed by atoms with Crippen LogP contribution in [0.1, 0.15) is 47.5 Å². The Morgan fingerprint density at radius 1 is 1.21 bits per heavy atom. The molecule has 0 bridgehead atoms. The van der Waals surface area contributed by atoms with Crippen LogP contribution in [0.5, 0.6) is 0 Å². The molecule has 0 aromatic heterocycles. The minimum absolute atomic E-state index is 0.382. The van der Waals surface area contributed by atoms with Gasteiger partial charge in [-0.2, -0.15) is 0 Å². The zero-order chi connectivity index (χ0) is 14.3. The van der Waals surface area contributed by atoms with Gasteiger partial charge >= 0.3 is 0 Å². The summed E-state index contributed by atoms with van der Waals surface area (Å²) >= 11 is 0. The van der Waals surface area contributed by atoms with Crippen LogP contribution >= 0.6 is 0 Å². The topological polar surface area (TPSA) is 18.5 Å². The lowest BCUT2D eigenvalue weighted by Crippen LogP contribution is -2.42. The first-order chi connectivity index (χ1) is 9.02. The van der Waals surface area contributed by atoms with E-state index in [1.807, 2.05) is 0 Å². The second-order valence-corrected chi connectivity index (χ2v) is 6.74. The summed E-state index contributed by atoms with van der Waals surface area (Å²) < 4.78 is 0. The fourth-order valence-corrected chi connectivity index (χ4v) is 3.26. The molecule has 0 aromatic carbocycles. The molecule has 1 N–H and O–H groups in total. The summed E-state index contributed by atoms with van der Waals surface area (Å²) in [6.07, 6.45) is 2.57. The molecule has 3 nitrogen and oxygen atoms in total. The molecule has 0 aromatic rings. The summed E-state index contributed by atoms with van der Waals surface area (Å²) in [5.41, 5.74) is 0.382. The molecule has 0 aliphatic carbocycles. The summed E-state index contributed by atoms with van der Waals surface area (Å²) in [7, 11) is 0. The van der Waals surface area contributed by atoms with E-state index in [2.05, 4.69) is 49.7 Å². The first kappa shape index (κ1) is 16.9. The summed E-state index contributed by atoms with van der Waals surface area (Å²) in [4.78, 5) is 5.28. The molecule has 1 saturated heterocycles. The van der Waals surface area contributed by atoms with E-state index in [1.165, 1.54) is 45.6 Å². The average Bonchev–Trinajstić information content (AvgIpc) is 2.78. The zero-order valence-electron chi connectivity index (χ0n) is 13.8. The highest BCUT2D eigenvalue weighted by Gasteiger charge is 2.29. The maximum atomic E-state index is 3.57. The Balaban J connectivity index is 2.34. The molecule has 3 heteroatoms. The number of hydrogen-bond donors (Lipinski definition) is 1. The Labute approximate surface area is 120 Å². The minimum atomic E-state index is 0.382. The third-order valence-corrected chi connectivity index (χ3v) is 4.26.